The van der Waals surface area contributed by atoms with Crippen molar-refractivity contribution >= 4 is 49.7 Å². The topological polar surface area (TPSA) is 53.5 Å². The fourth-order valence-corrected chi connectivity index (χ4v) is 6.70. The van der Waals surface area contributed by atoms with E-state index in [9.17, 15) is 8.42 Å². The molecule has 9 heteroatoms. The first-order valence-electron chi connectivity index (χ1n) is 9.90. The molecule has 1 saturated heterocycles. The maximum absolute atomic E-state index is 13.0. The summed E-state index contributed by atoms with van der Waals surface area (Å²) in [7, 11) is -3.61. The van der Waals surface area contributed by atoms with Crippen LogP contribution >= 0.6 is 34.5 Å². The highest BCUT2D eigenvalue weighted by molar-refractivity contribution is 7.89. The smallest absolute Gasteiger partial charge is 0.243 e. The highest BCUT2D eigenvalue weighted by Gasteiger charge is 2.30. The van der Waals surface area contributed by atoms with Crippen LogP contribution in [0.5, 0.6) is 0 Å². The Morgan fingerprint density at radius 2 is 1.58 bits per heavy atom. The summed E-state index contributed by atoms with van der Waals surface area (Å²) in [6.07, 6.45) is 0. The van der Waals surface area contributed by atoms with Gasteiger partial charge in [0.2, 0.25) is 10.0 Å². The molecule has 31 heavy (non-hydrogen) atoms. The lowest BCUT2D eigenvalue weighted by Gasteiger charge is -2.33. The Bertz CT molecular complexity index is 1210. The fraction of sp³-hybridized carbons (Fsp3) is 0.318. The van der Waals surface area contributed by atoms with Gasteiger partial charge >= 0.3 is 0 Å². The number of thiazole rings is 1. The van der Waals surface area contributed by atoms with Gasteiger partial charge in [0.25, 0.3) is 0 Å². The van der Waals surface area contributed by atoms with Crippen LogP contribution in [0, 0.1) is 20.8 Å². The molecule has 0 amide bonds. The third kappa shape index (κ3) is 4.47. The highest BCUT2D eigenvalue weighted by atomic mass is 35.5. The van der Waals surface area contributed by atoms with Crippen molar-refractivity contribution in [3.8, 4) is 11.3 Å². The molecule has 0 unspecified atom stereocenters. The number of rotatable bonds is 4. The maximum Gasteiger partial charge on any atom is 0.243 e. The molecule has 0 N–H and O–H groups in total. The van der Waals surface area contributed by atoms with E-state index >= 15 is 0 Å². The molecular formula is C22H23Cl2N3O2S2. The summed E-state index contributed by atoms with van der Waals surface area (Å²) >= 11 is 13.5. The normalized spacial score (nSPS) is 15.5. The third-order valence-corrected chi connectivity index (χ3v) is 9.00. The zero-order chi connectivity index (χ0) is 22.3. The first-order chi connectivity index (χ1) is 14.7. The Morgan fingerprint density at radius 1 is 0.935 bits per heavy atom. The van der Waals surface area contributed by atoms with Gasteiger partial charge < -0.3 is 4.90 Å². The van der Waals surface area contributed by atoms with Crippen LogP contribution < -0.4 is 4.90 Å². The lowest BCUT2D eigenvalue weighted by Crippen LogP contribution is -2.48. The zero-order valence-electron chi connectivity index (χ0n) is 17.5. The van der Waals surface area contributed by atoms with E-state index in [1.54, 1.807) is 11.3 Å². The van der Waals surface area contributed by atoms with Gasteiger partial charge in [-0.2, -0.15) is 4.31 Å². The lowest BCUT2D eigenvalue weighted by atomic mass is 9.98. The molecule has 1 aliphatic rings. The molecule has 0 saturated carbocycles. The number of nitrogens with zero attached hydrogens (tertiary/aromatic N) is 3. The van der Waals surface area contributed by atoms with E-state index in [0.717, 1.165) is 10.8 Å². The van der Waals surface area contributed by atoms with E-state index in [1.807, 2.05) is 0 Å². The molecule has 4 rings (SSSR count). The Kier molecular flexibility index (Phi) is 6.34. The summed E-state index contributed by atoms with van der Waals surface area (Å²) in [5.74, 6) is 0. The number of piperazine rings is 1. The minimum absolute atomic E-state index is 0.164. The molecule has 2 heterocycles. The van der Waals surface area contributed by atoms with Crippen LogP contribution in [0.15, 0.2) is 40.6 Å². The second-order valence-electron chi connectivity index (χ2n) is 7.76. The lowest BCUT2D eigenvalue weighted by molar-refractivity contribution is 0.385. The van der Waals surface area contributed by atoms with Crippen molar-refractivity contribution in [2.24, 2.45) is 0 Å². The highest BCUT2D eigenvalue weighted by Crippen LogP contribution is 2.33. The van der Waals surface area contributed by atoms with E-state index in [-0.39, 0.29) is 9.92 Å². The van der Waals surface area contributed by atoms with Crippen LogP contribution in [-0.4, -0.2) is 43.9 Å². The summed E-state index contributed by atoms with van der Waals surface area (Å²) in [6.45, 7) is 8.27. The molecule has 0 atom stereocenters. The monoisotopic (exact) mass is 495 g/mol. The third-order valence-electron chi connectivity index (χ3n) is 5.46. The predicted octanol–water partition coefficient (Wildman–Crippen LogP) is 5.55. The molecule has 5 nitrogen and oxygen atoms in total. The number of sulfonamides is 1. The average Bonchev–Trinajstić information content (AvgIpc) is 3.19. The van der Waals surface area contributed by atoms with E-state index in [0.29, 0.717) is 31.2 Å². The second-order valence-corrected chi connectivity index (χ2v) is 11.3. The van der Waals surface area contributed by atoms with E-state index < -0.39 is 10.0 Å². The molecule has 1 aromatic heterocycles. The van der Waals surface area contributed by atoms with Crippen LogP contribution in [0.4, 0.5) is 5.13 Å². The van der Waals surface area contributed by atoms with Crippen LogP contribution in [0.25, 0.3) is 11.3 Å². The molecule has 1 fully saturated rings. The molecule has 164 valence electrons. The number of hydrogen-bond donors (Lipinski definition) is 0. The SMILES string of the molecule is Cc1cc(C)c(-c2csc(N3CCN(S(=O)(=O)c4ccc(Cl)c(Cl)c4)CC3)n2)c(C)c1. The fourth-order valence-electron chi connectivity index (χ4n) is 4.01. The number of aromatic nitrogens is 1. The van der Waals surface area contributed by atoms with Gasteiger partial charge in [-0.25, -0.2) is 13.4 Å². The van der Waals surface area contributed by atoms with Crippen molar-refractivity contribution < 1.29 is 8.42 Å². The molecule has 0 spiro atoms. The Morgan fingerprint density at radius 3 is 2.19 bits per heavy atom. The standard InChI is InChI=1S/C22H23Cl2N3O2S2/c1-14-10-15(2)21(16(3)11-14)20-13-30-22(25-20)26-6-8-27(9-7-26)31(28,29)17-4-5-18(23)19(24)12-17/h4-5,10-13H,6-9H2,1-3H3. The van der Waals surface area contributed by atoms with Crippen molar-refractivity contribution in [3.05, 3.63) is 62.4 Å². The van der Waals surface area contributed by atoms with E-state index in [1.165, 1.54) is 44.8 Å². The van der Waals surface area contributed by atoms with Crippen molar-refractivity contribution in [2.75, 3.05) is 31.1 Å². The van der Waals surface area contributed by atoms with Gasteiger partial charge in [-0.15, -0.1) is 11.3 Å². The quantitative estimate of drug-likeness (QED) is 0.475. The summed E-state index contributed by atoms with van der Waals surface area (Å²) in [5.41, 5.74) is 5.82. The van der Waals surface area contributed by atoms with E-state index in [2.05, 4.69) is 43.2 Å². The molecule has 1 aliphatic heterocycles. The summed E-state index contributed by atoms with van der Waals surface area (Å²) < 4.78 is 27.4. The molecule has 0 bridgehead atoms. The number of anilines is 1. The van der Waals surface area contributed by atoms with Gasteiger partial charge in [0.1, 0.15) is 0 Å². The van der Waals surface area contributed by atoms with Crippen molar-refractivity contribution in [2.45, 2.75) is 25.7 Å². The Balaban J connectivity index is 1.49. The minimum Gasteiger partial charge on any atom is -0.345 e. The second kappa shape index (κ2) is 8.71. The molecule has 0 aliphatic carbocycles. The Hall–Kier alpha value is -1.64. The Labute approximate surface area is 197 Å². The predicted molar refractivity (Wildman–Crippen MR) is 129 cm³/mol. The van der Waals surface area contributed by atoms with Crippen LogP contribution in [0.3, 0.4) is 0 Å². The van der Waals surface area contributed by atoms with Gasteiger partial charge in [-0.05, 0) is 50.1 Å². The van der Waals surface area contributed by atoms with Gasteiger partial charge in [-0.3, -0.25) is 0 Å². The minimum atomic E-state index is -3.61. The molecule has 3 aromatic rings. The van der Waals surface area contributed by atoms with Gasteiger partial charge in [0, 0.05) is 37.1 Å². The first kappa shape index (κ1) is 22.6. The number of aryl methyl sites for hydroxylation is 3. The van der Waals surface area contributed by atoms with Crippen molar-refractivity contribution in [1.82, 2.24) is 9.29 Å². The molecule has 0 radical (unpaired) electrons. The maximum atomic E-state index is 13.0. The summed E-state index contributed by atoms with van der Waals surface area (Å²) in [6, 6.07) is 8.77. The molecule has 2 aromatic carbocycles. The number of halogens is 2. The summed E-state index contributed by atoms with van der Waals surface area (Å²) in [4.78, 5) is 7.18. The number of benzene rings is 2. The van der Waals surface area contributed by atoms with Crippen molar-refractivity contribution in [1.29, 1.82) is 0 Å². The summed E-state index contributed by atoms with van der Waals surface area (Å²) in [5, 5.41) is 3.57. The van der Waals surface area contributed by atoms with Crippen LogP contribution in [0.2, 0.25) is 10.0 Å². The number of hydrogen-bond acceptors (Lipinski definition) is 5. The molecular weight excluding hydrogens is 473 g/mol. The van der Waals surface area contributed by atoms with Crippen LogP contribution in [-0.2, 0) is 10.0 Å². The average molecular weight is 496 g/mol. The zero-order valence-corrected chi connectivity index (χ0v) is 20.7. The van der Waals surface area contributed by atoms with Gasteiger partial charge in [-0.1, -0.05) is 40.9 Å². The largest absolute Gasteiger partial charge is 0.345 e. The van der Waals surface area contributed by atoms with Gasteiger partial charge in [0.05, 0.1) is 20.6 Å². The van der Waals surface area contributed by atoms with Crippen LogP contribution in [0.1, 0.15) is 16.7 Å². The van der Waals surface area contributed by atoms with Gasteiger partial charge in [0.15, 0.2) is 5.13 Å². The van der Waals surface area contributed by atoms with Crippen molar-refractivity contribution in [3.63, 3.8) is 0 Å². The first-order valence-corrected chi connectivity index (χ1v) is 13.0. The van der Waals surface area contributed by atoms with E-state index in [4.69, 9.17) is 28.2 Å².